The first kappa shape index (κ1) is 22.5. The zero-order chi connectivity index (χ0) is 17.5. The third-order valence-corrected chi connectivity index (χ3v) is 5.60. The van der Waals surface area contributed by atoms with Crippen LogP contribution in [0, 0.1) is 5.92 Å². The van der Waals surface area contributed by atoms with Gasteiger partial charge < -0.3 is 14.7 Å². The third kappa shape index (κ3) is 6.96. The number of nitrogens with zero attached hydrogens (tertiary/aromatic N) is 4. The predicted octanol–water partition coefficient (Wildman–Crippen LogP) is 3.39. The summed E-state index contributed by atoms with van der Waals surface area (Å²) in [6, 6.07) is 0. The Morgan fingerprint density at radius 3 is 2.76 bits per heavy atom. The van der Waals surface area contributed by atoms with Gasteiger partial charge in [-0.3, -0.25) is 4.99 Å². The monoisotopic (exact) mass is 481 g/mol. The SMILES string of the molecule is CCNC(=NCCc1nc(C(C)C)no1)N1CCSC(C(C)C)C1.I. The standard InChI is InChI=1S/C17H31N5OS.HI/c1-6-18-17(22-9-10-24-14(11-22)12(2)3)19-8-7-15-20-16(13(4)5)21-23-15;/h12-14H,6-11H2,1-5H3,(H,18,19);1H. The van der Waals surface area contributed by atoms with E-state index in [1.54, 1.807) is 0 Å². The highest BCUT2D eigenvalue weighted by Crippen LogP contribution is 2.24. The number of aliphatic imine (C=N–C) groups is 1. The van der Waals surface area contributed by atoms with Crippen molar-refractivity contribution in [3.05, 3.63) is 11.7 Å². The number of hydrogen-bond donors (Lipinski definition) is 1. The second kappa shape index (κ2) is 11.3. The molecule has 0 spiro atoms. The van der Waals surface area contributed by atoms with Gasteiger partial charge in [-0.05, 0) is 12.8 Å². The summed E-state index contributed by atoms with van der Waals surface area (Å²) < 4.78 is 5.29. The largest absolute Gasteiger partial charge is 0.357 e. The van der Waals surface area contributed by atoms with E-state index in [1.165, 1.54) is 0 Å². The molecule has 1 N–H and O–H groups in total. The van der Waals surface area contributed by atoms with Gasteiger partial charge in [0, 0.05) is 43.0 Å². The molecule has 1 aliphatic heterocycles. The van der Waals surface area contributed by atoms with Crippen molar-refractivity contribution in [2.45, 2.75) is 52.2 Å². The molecule has 6 nitrogen and oxygen atoms in total. The van der Waals surface area contributed by atoms with Crippen molar-refractivity contribution in [2.24, 2.45) is 10.9 Å². The van der Waals surface area contributed by atoms with E-state index in [1.807, 2.05) is 0 Å². The van der Waals surface area contributed by atoms with Crippen molar-refractivity contribution in [3.8, 4) is 0 Å². The molecule has 0 radical (unpaired) electrons. The van der Waals surface area contributed by atoms with Crippen LogP contribution in [-0.2, 0) is 6.42 Å². The van der Waals surface area contributed by atoms with Crippen LogP contribution in [0.1, 0.15) is 52.3 Å². The van der Waals surface area contributed by atoms with E-state index < -0.39 is 0 Å². The van der Waals surface area contributed by atoms with Crippen LogP contribution in [0.15, 0.2) is 9.52 Å². The molecule has 1 aromatic rings. The van der Waals surface area contributed by atoms with Crippen molar-refractivity contribution in [1.82, 2.24) is 20.4 Å². The molecule has 1 atom stereocenters. The molecule has 1 saturated heterocycles. The van der Waals surface area contributed by atoms with E-state index in [0.29, 0.717) is 35.9 Å². The van der Waals surface area contributed by atoms with E-state index in [-0.39, 0.29) is 24.0 Å². The van der Waals surface area contributed by atoms with Crippen LogP contribution in [0.4, 0.5) is 0 Å². The second-order valence-corrected chi connectivity index (χ2v) is 8.13. The third-order valence-electron chi connectivity index (χ3n) is 4.06. The molecule has 2 heterocycles. The predicted molar refractivity (Wildman–Crippen MR) is 116 cm³/mol. The van der Waals surface area contributed by atoms with E-state index in [0.717, 1.165) is 37.2 Å². The van der Waals surface area contributed by atoms with Crippen molar-refractivity contribution in [1.29, 1.82) is 0 Å². The Kier molecular flexibility index (Phi) is 10.1. The van der Waals surface area contributed by atoms with Crippen molar-refractivity contribution >= 4 is 41.7 Å². The zero-order valence-electron chi connectivity index (χ0n) is 16.0. The van der Waals surface area contributed by atoms with Crippen LogP contribution < -0.4 is 5.32 Å². The minimum Gasteiger partial charge on any atom is -0.357 e. The number of thioether (sulfide) groups is 1. The molecule has 0 amide bonds. The lowest BCUT2D eigenvalue weighted by atomic mass is 10.1. The quantitative estimate of drug-likeness (QED) is 0.382. The van der Waals surface area contributed by atoms with Crippen LogP contribution in [0.5, 0.6) is 0 Å². The number of nitrogens with one attached hydrogen (secondary N) is 1. The molecule has 8 heteroatoms. The Labute approximate surface area is 173 Å². The molecule has 25 heavy (non-hydrogen) atoms. The first-order chi connectivity index (χ1) is 11.5. The summed E-state index contributed by atoms with van der Waals surface area (Å²) >= 11 is 2.08. The topological polar surface area (TPSA) is 66.5 Å². The van der Waals surface area contributed by atoms with Gasteiger partial charge in [-0.1, -0.05) is 32.9 Å². The van der Waals surface area contributed by atoms with Gasteiger partial charge in [-0.2, -0.15) is 16.7 Å². The number of hydrogen-bond acceptors (Lipinski definition) is 5. The fourth-order valence-electron chi connectivity index (χ4n) is 2.56. The summed E-state index contributed by atoms with van der Waals surface area (Å²) in [7, 11) is 0. The molecule has 1 unspecified atom stereocenters. The summed E-state index contributed by atoms with van der Waals surface area (Å²) in [6.07, 6.45) is 0.685. The molecular formula is C17H32IN5OS. The molecule has 2 rings (SSSR count). The lowest BCUT2D eigenvalue weighted by molar-refractivity contribution is 0.369. The van der Waals surface area contributed by atoms with Gasteiger partial charge in [0.15, 0.2) is 11.8 Å². The molecular weight excluding hydrogens is 449 g/mol. The minimum atomic E-state index is 0. The molecule has 0 bridgehead atoms. The molecule has 0 aromatic carbocycles. The highest BCUT2D eigenvalue weighted by molar-refractivity contribution is 14.0. The Balaban J connectivity index is 0.00000312. The van der Waals surface area contributed by atoms with Gasteiger partial charge >= 0.3 is 0 Å². The Bertz CT molecular complexity index is 535. The summed E-state index contributed by atoms with van der Waals surface area (Å²) in [5.74, 6) is 4.60. The molecule has 0 saturated carbocycles. The first-order valence-electron chi connectivity index (χ1n) is 8.98. The average Bonchev–Trinajstić information content (AvgIpc) is 3.03. The highest BCUT2D eigenvalue weighted by atomic mass is 127. The van der Waals surface area contributed by atoms with E-state index in [9.17, 15) is 0 Å². The number of halogens is 1. The van der Waals surface area contributed by atoms with Crippen LogP contribution >= 0.6 is 35.7 Å². The van der Waals surface area contributed by atoms with Crippen LogP contribution in [0.3, 0.4) is 0 Å². The van der Waals surface area contributed by atoms with Gasteiger partial charge in [-0.25, -0.2) is 0 Å². The zero-order valence-corrected chi connectivity index (χ0v) is 19.1. The van der Waals surface area contributed by atoms with Gasteiger partial charge in [0.25, 0.3) is 0 Å². The van der Waals surface area contributed by atoms with Crippen molar-refractivity contribution in [3.63, 3.8) is 0 Å². The Morgan fingerprint density at radius 2 is 2.16 bits per heavy atom. The molecule has 0 aliphatic carbocycles. The average molecular weight is 481 g/mol. The maximum atomic E-state index is 5.29. The number of aromatic nitrogens is 2. The molecule has 144 valence electrons. The maximum absolute atomic E-state index is 5.29. The fourth-order valence-corrected chi connectivity index (χ4v) is 3.86. The smallest absolute Gasteiger partial charge is 0.228 e. The van der Waals surface area contributed by atoms with E-state index >= 15 is 0 Å². The molecule has 1 fully saturated rings. The number of guanidine groups is 1. The van der Waals surface area contributed by atoms with Crippen LogP contribution in [0.2, 0.25) is 0 Å². The Hall–Kier alpha value is -0.510. The fraction of sp³-hybridized carbons (Fsp3) is 0.824. The first-order valence-corrected chi connectivity index (χ1v) is 10.0. The van der Waals surface area contributed by atoms with Crippen LogP contribution in [-0.4, -0.2) is 58.2 Å². The molecule has 1 aromatic heterocycles. The van der Waals surface area contributed by atoms with Crippen LogP contribution in [0.25, 0.3) is 0 Å². The van der Waals surface area contributed by atoms with Gasteiger partial charge in [0.1, 0.15) is 0 Å². The summed E-state index contributed by atoms with van der Waals surface area (Å²) in [5.41, 5.74) is 0. The van der Waals surface area contributed by atoms with E-state index in [4.69, 9.17) is 9.52 Å². The second-order valence-electron chi connectivity index (χ2n) is 6.79. The summed E-state index contributed by atoms with van der Waals surface area (Å²) in [5, 5.41) is 8.10. The lowest BCUT2D eigenvalue weighted by Gasteiger charge is -2.36. The van der Waals surface area contributed by atoms with Crippen molar-refractivity contribution in [2.75, 3.05) is 31.9 Å². The van der Waals surface area contributed by atoms with Gasteiger partial charge in [-0.15, -0.1) is 24.0 Å². The summed E-state index contributed by atoms with van der Waals surface area (Å²) in [6.45, 7) is 14.5. The highest BCUT2D eigenvalue weighted by Gasteiger charge is 2.24. The Morgan fingerprint density at radius 1 is 1.40 bits per heavy atom. The van der Waals surface area contributed by atoms with Gasteiger partial charge in [0.2, 0.25) is 5.89 Å². The number of rotatable bonds is 6. The molecule has 1 aliphatic rings. The normalized spacial score (nSPS) is 18.6. The van der Waals surface area contributed by atoms with Gasteiger partial charge in [0.05, 0.1) is 6.54 Å². The van der Waals surface area contributed by atoms with Crippen molar-refractivity contribution < 1.29 is 4.52 Å². The lowest BCUT2D eigenvalue weighted by Crippen LogP contribution is -2.49. The maximum Gasteiger partial charge on any atom is 0.228 e. The van der Waals surface area contributed by atoms with E-state index in [2.05, 4.69) is 66.7 Å². The summed E-state index contributed by atoms with van der Waals surface area (Å²) in [4.78, 5) is 11.6. The minimum absolute atomic E-state index is 0.